The van der Waals surface area contributed by atoms with Crippen LogP contribution >= 0.6 is 11.3 Å². The van der Waals surface area contributed by atoms with Crippen molar-refractivity contribution >= 4 is 33.3 Å². The standard InChI is InChI=1S/C24H30N4OS/c1-17-21(18-10-5-4-6-11-18)22-23(26-16-27-24(22)30-17)25-15-9-14-20(29)28-19-12-7-2-3-8-13-19/h4-6,10-11,16,19H,2-3,7-9,12-15H2,1H3,(H,28,29)(H,25,26,27). The highest BCUT2D eigenvalue weighted by atomic mass is 32.1. The number of benzene rings is 1. The molecule has 1 aliphatic carbocycles. The third-order valence-corrected chi connectivity index (χ3v) is 6.83. The second kappa shape index (κ2) is 10.0. The maximum atomic E-state index is 12.3. The Bertz CT molecular complexity index is 978. The Morgan fingerprint density at radius 3 is 2.63 bits per heavy atom. The van der Waals surface area contributed by atoms with Crippen molar-refractivity contribution in [3.63, 3.8) is 0 Å². The molecule has 0 aliphatic heterocycles. The molecular formula is C24H30N4OS. The minimum atomic E-state index is 0.174. The van der Waals surface area contributed by atoms with Crippen LogP contribution in [0.2, 0.25) is 0 Å². The van der Waals surface area contributed by atoms with Crippen molar-refractivity contribution in [2.75, 3.05) is 11.9 Å². The molecule has 1 aromatic carbocycles. The molecule has 1 amide bonds. The summed E-state index contributed by atoms with van der Waals surface area (Å²) in [5.74, 6) is 1.03. The summed E-state index contributed by atoms with van der Waals surface area (Å²) in [4.78, 5) is 23.6. The highest BCUT2D eigenvalue weighted by Crippen LogP contribution is 2.40. The Balaban J connectivity index is 1.38. The van der Waals surface area contributed by atoms with E-state index in [9.17, 15) is 4.79 Å². The zero-order chi connectivity index (χ0) is 20.8. The van der Waals surface area contributed by atoms with Crippen molar-refractivity contribution in [2.24, 2.45) is 0 Å². The summed E-state index contributed by atoms with van der Waals surface area (Å²) in [5.41, 5.74) is 2.38. The van der Waals surface area contributed by atoms with E-state index in [2.05, 4.69) is 51.8 Å². The summed E-state index contributed by atoms with van der Waals surface area (Å²) in [7, 11) is 0. The molecular weight excluding hydrogens is 392 g/mol. The van der Waals surface area contributed by atoms with Gasteiger partial charge in [-0.2, -0.15) is 0 Å². The Hall–Kier alpha value is -2.47. The number of thiophene rings is 1. The van der Waals surface area contributed by atoms with Gasteiger partial charge in [0, 0.05) is 29.4 Å². The van der Waals surface area contributed by atoms with E-state index in [1.165, 1.54) is 41.7 Å². The van der Waals surface area contributed by atoms with Crippen molar-refractivity contribution in [3.05, 3.63) is 41.5 Å². The van der Waals surface area contributed by atoms with Gasteiger partial charge in [0.2, 0.25) is 5.91 Å². The Morgan fingerprint density at radius 2 is 1.87 bits per heavy atom. The van der Waals surface area contributed by atoms with Crippen molar-refractivity contribution in [1.29, 1.82) is 0 Å². The van der Waals surface area contributed by atoms with Gasteiger partial charge in [-0.25, -0.2) is 9.97 Å². The first-order chi connectivity index (χ1) is 14.7. The molecule has 0 atom stereocenters. The molecule has 0 unspecified atom stereocenters. The summed E-state index contributed by atoms with van der Waals surface area (Å²) in [6.45, 7) is 2.85. The third kappa shape index (κ3) is 4.98. The average Bonchev–Trinajstić information content (AvgIpc) is 2.91. The van der Waals surface area contributed by atoms with Gasteiger partial charge in [0.15, 0.2) is 0 Å². The molecule has 1 saturated carbocycles. The molecule has 0 bridgehead atoms. The molecule has 1 aliphatic rings. The fourth-order valence-corrected chi connectivity index (χ4v) is 5.32. The van der Waals surface area contributed by atoms with Gasteiger partial charge < -0.3 is 10.6 Å². The van der Waals surface area contributed by atoms with E-state index in [1.54, 1.807) is 17.7 Å². The molecule has 2 N–H and O–H groups in total. The number of anilines is 1. The van der Waals surface area contributed by atoms with Gasteiger partial charge in [0.1, 0.15) is 17.0 Å². The van der Waals surface area contributed by atoms with Gasteiger partial charge in [-0.05, 0) is 31.7 Å². The lowest BCUT2D eigenvalue weighted by Gasteiger charge is -2.16. The zero-order valence-corrected chi connectivity index (χ0v) is 18.4. The topological polar surface area (TPSA) is 66.9 Å². The lowest BCUT2D eigenvalue weighted by atomic mass is 10.0. The molecule has 1 fully saturated rings. The quantitative estimate of drug-likeness (QED) is 0.379. The molecule has 30 heavy (non-hydrogen) atoms. The summed E-state index contributed by atoms with van der Waals surface area (Å²) in [6, 6.07) is 10.8. The third-order valence-electron chi connectivity index (χ3n) is 5.82. The van der Waals surface area contributed by atoms with E-state index in [1.807, 2.05) is 6.07 Å². The molecule has 2 heterocycles. The van der Waals surface area contributed by atoms with E-state index < -0.39 is 0 Å². The summed E-state index contributed by atoms with van der Waals surface area (Å²) in [6.07, 6.45) is 10.3. The Labute approximate surface area is 182 Å². The van der Waals surface area contributed by atoms with Gasteiger partial charge in [0.25, 0.3) is 0 Å². The number of hydrogen-bond acceptors (Lipinski definition) is 5. The van der Waals surface area contributed by atoms with Crippen LogP contribution in [0.5, 0.6) is 0 Å². The van der Waals surface area contributed by atoms with Gasteiger partial charge in [-0.1, -0.05) is 56.0 Å². The molecule has 2 aromatic heterocycles. The van der Waals surface area contributed by atoms with Crippen LogP contribution in [-0.4, -0.2) is 28.5 Å². The highest BCUT2D eigenvalue weighted by molar-refractivity contribution is 7.19. The summed E-state index contributed by atoms with van der Waals surface area (Å²) in [5, 5.41) is 7.76. The van der Waals surface area contributed by atoms with E-state index >= 15 is 0 Å². The smallest absolute Gasteiger partial charge is 0.220 e. The molecule has 3 aromatic rings. The van der Waals surface area contributed by atoms with Crippen LogP contribution in [0.1, 0.15) is 56.2 Å². The predicted molar refractivity (Wildman–Crippen MR) is 125 cm³/mol. The second-order valence-electron chi connectivity index (χ2n) is 8.09. The number of nitrogens with one attached hydrogen (secondary N) is 2. The number of aryl methyl sites for hydroxylation is 1. The van der Waals surface area contributed by atoms with E-state index in [0.717, 1.165) is 35.3 Å². The first-order valence-electron chi connectivity index (χ1n) is 11.0. The van der Waals surface area contributed by atoms with Crippen molar-refractivity contribution < 1.29 is 4.79 Å². The Morgan fingerprint density at radius 1 is 1.10 bits per heavy atom. The molecule has 0 radical (unpaired) electrons. The second-order valence-corrected chi connectivity index (χ2v) is 9.29. The van der Waals surface area contributed by atoms with Crippen LogP contribution in [0, 0.1) is 6.92 Å². The highest BCUT2D eigenvalue weighted by Gasteiger charge is 2.17. The van der Waals surface area contributed by atoms with Crippen LogP contribution in [0.4, 0.5) is 5.82 Å². The van der Waals surface area contributed by atoms with Crippen molar-refractivity contribution in [2.45, 2.75) is 64.3 Å². The van der Waals surface area contributed by atoms with Gasteiger partial charge >= 0.3 is 0 Å². The number of nitrogens with zero attached hydrogens (tertiary/aromatic N) is 2. The summed E-state index contributed by atoms with van der Waals surface area (Å²) < 4.78 is 0. The number of carbonyl (C=O) groups excluding carboxylic acids is 1. The number of carbonyl (C=O) groups is 1. The van der Waals surface area contributed by atoms with Crippen LogP contribution in [0.25, 0.3) is 21.3 Å². The largest absolute Gasteiger partial charge is 0.369 e. The molecule has 6 heteroatoms. The molecule has 5 nitrogen and oxygen atoms in total. The average molecular weight is 423 g/mol. The van der Waals surface area contributed by atoms with Crippen molar-refractivity contribution in [1.82, 2.24) is 15.3 Å². The number of aromatic nitrogens is 2. The van der Waals surface area contributed by atoms with Crippen molar-refractivity contribution in [3.8, 4) is 11.1 Å². The number of rotatable bonds is 7. The number of amides is 1. The van der Waals surface area contributed by atoms with Crippen LogP contribution in [0.15, 0.2) is 36.7 Å². The predicted octanol–water partition coefficient (Wildman–Crippen LogP) is 5.70. The molecule has 4 rings (SSSR count). The molecule has 0 spiro atoms. The number of hydrogen-bond donors (Lipinski definition) is 2. The minimum absolute atomic E-state index is 0.174. The van der Waals surface area contributed by atoms with E-state index in [0.29, 0.717) is 19.0 Å². The first kappa shape index (κ1) is 20.8. The first-order valence-corrected chi connectivity index (χ1v) is 11.9. The van der Waals surface area contributed by atoms with Crippen LogP contribution in [0.3, 0.4) is 0 Å². The van der Waals surface area contributed by atoms with Gasteiger partial charge in [-0.3, -0.25) is 4.79 Å². The normalized spacial score (nSPS) is 15.1. The number of fused-ring (bicyclic) bond motifs is 1. The minimum Gasteiger partial charge on any atom is -0.369 e. The maximum absolute atomic E-state index is 12.3. The molecule has 158 valence electrons. The Kier molecular flexibility index (Phi) is 6.95. The fraction of sp³-hybridized carbons (Fsp3) is 0.458. The zero-order valence-electron chi connectivity index (χ0n) is 17.6. The van der Waals surface area contributed by atoms with E-state index in [-0.39, 0.29) is 5.91 Å². The maximum Gasteiger partial charge on any atom is 0.220 e. The fourth-order valence-electron chi connectivity index (χ4n) is 4.31. The lowest BCUT2D eigenvalue weighted by molar-refractivity contribution is -0.121. The molecule has 0 saturated heterocycles. The van der Waals surface area contributed by atoms with Gasteiger partial charge in [-0.15, -0.1) is 11.3 Å². The SMILES string of the molecule is Cc1sc2ncnc(NCCCC(=O)NC3CCCCCC3)c2c1-c1ccccc1. The van der Waals surface area contributed by atoms with Crippen LogP contribution < -0.4 is 10.6 Å². The van der Waals surface area contributed by atoms with Gasteiger partial charge in [0.05, 0.1) is 5.39 Å². The monoisotopic (exact) mass is 422 g/mol. The lowest BCUT2D eigenvalue weighted by Crippen LogP contribution is -2.34. The van der Waals surface area contributed by atoms with Crippen LogP contribution in [-0.2, 0) is 4.79 Å². The summed E-state index contributed by atoms with van der Waals surface area (Å²) >= 11 is 1.70. The van der Waals surface area contributed by atoms with E-state index in [4.69, 9.17) is 0 Å².